The lowest BCUT2D eigenvalue weighted by molar-refractivity contribution is -0.163. The number of Topliss-reactive ketones (excluding diaryl/α,β-unsaturated/α-hetero) is 1. The van der Waals surface area contributed by atoms with E-state index in [1.807, 2.05) is 0 Å². The monoisotopic (exact) mass is 777 g/mol. The number of hydrogen-bond donors (Lipinski definition) is 9. The van der Waals surface area contributed by atoms with Gasteiger partial charge in [-0.2, -0.15) is 0 Å². The SMILES string of the molecule is CC(=O)N(O)CC[C@H]1CC(=O)N[C@@H](CCN(O)C(C)=O)C(=O)NC[C@@H](CCN(O)C(C)=O)C(=O)NCCC(=O)CNC(CC(=O)Cl)C(=O)NCC(=O)N1. The van der Waals surface area contributed by atoms with Gasteiger partial charge in [0.05, 0.1) is 38.1 Å². The summed E-state index contributed by atoms with van der Waals surface area (Å²) >= 11 is 5.47. The minimum absolute atomic E-state index is 0.170. The molecule has 0 spiro atoms. The van der Waals surface area contributed by atoms with Crippen molar-refractivity contribution >= 4 is 69.9 Å². The van der Waals surface area contributed by atoms with Gasteiger partial charge in [-0.15, -0.1) is 0 Å². The predicted molar refractivity (Wildman–Crippen MR) is 179 cm³/mol. The molecule has 8 amide bonds. The average Bonchev–Trinajstić information content (AvgIpc) is 3.08. The first-order valence-corrected chi connectivity index (χ1v) is 16.9. The van der Waals surface area contributed by atoms with Crippen LogP contribution in [-0.2, 0) is 47.9 Å². The van der Waals surface area contributed by atoms with Crippen LogP contribution in [0.5, 0.6) is 0 Å². The van der Waals surface area contributed by atoms with Crippen LogP contribution in [0.25, 0.3) is 0 Å². The van der Waals surface area contributed by atoms with Crippen LogP contribution in [0.4, 0.5) is 0 Å². The number of amides is 8. The third kappa shape index (κ3) is 19.0. The molecule has 9 N–H and O–H groups in total. The molecule has 0 bridgehead atoms. The predicted octanol–water partition coefficient (Wildman–Crippen LogP) is -3.72. The van der Waals surface area contributed by atoms with E-state index >= 15 is 0 Å². The molecule has 0 radical (unpaired) electrons. The Morgan fingerprint density at radius 3 is 1.79 bits per heavy atom. The van der Waals surface area contributed by atoms with Crippen LogP contribution in [-0.4, -0.2) is 153 Å². The second-order valence-electron chi connectivity index (χ2n) is 12.1. The molecule has 0 aromatic carbocycles. The first kappa shape index (κ1) is 46.3. The summed E-state index contributed by atoms with van der Waals surface area (Å²) in [7, 11) is 0. The van der Waals surface area contributed by atoms with Gasteiger partial charge in [0.25, 0.3) is 0 Å². The fourth-order valence-electron chi connectivity index (χ4n) is 4.71. The van der Waals surface area contributed by atoms with E-state index in [9.17, 15) is 63.6 Å². The van der Waals surface area contributed by atoms with Crippen molar-refractivity contribution in [3.63, 3.8) is 0 Å². The number of rotatable bonds is 11. The maximum Gasteiger partial charge on any atom is 0.242 e. The first-order valence-electron chi connectivity index (χ1n) is 16.6. The van der Waals surface area contributed by atoms with Crippen molar-refractivity contribution in [3.05, 3.63) is 0 Å². The molecule has 298 valence electrons. The molecule has 1 heterocycles. The Hall–Kier alpha value is -4.77. The van der Waals surface area contributed by atoms with Crippen molar-refractivity contribution < 1.29 is 63.6 Å². The van der Waals surface area contributed by atoms with Crippen LogP contribution in [0.15, 0.2) is 0 Å². The van der Waals surface area contributed by atoms with Crippen molar-refractivity contribution in [3.8, 4) is 0 Å². The number of ketones is 1. The van der Waals surface area contributed by atoms with Crippen molar-refractivity contribution in [1.29, 1.82) is 0 Å². The largest absolute Gasteiger partial charge is 0.355 e. The maximum absolute atomic E-state index is 13.4. The van der Waals surface area contributed by atoms with Gasteiger partial charge in [0.2, 0.25) is 52.5 Å². The van der Waals surface area contributed by atoms with Crippen LogP contribution < -0.4 is 31.9 Å². The zero-order valence-electron chi connectivity index (χ0n) is 29.6. The van der Waals surface area contributed by atoms with Crippen molar-refractivity contribution in [1.82, 2.24) is 47.1 Å². The fourth-order valence-corrected chi connectivity index (χ4v) is 4.86. The normalized spacial score (nSPS) is 21.6. The second kappa shape index (κ2) is 23.7. The molecule has 0 aromatic rings. The molecule has 4 atom stereocenters. The highest BCUT2D eigenvalue weighted by molar-refractivity contribution is 6.63. The number of nitrogens with zero attached hydrogens (tertiary/aromatic N) is 3. The molecule has 1 aliphatic heterocycles. The average molecular weight is 778 g/mol. The summed E-state index contributed by atoms with van der Waals surface area (Å²) in [6.45, 7) is 0.376. The van der Waals surface area contributed by atoms with Gasteiger partial charge in [-0.3, -0.25) is 68.9 Å². The minimum Gasteiger partial charge on any atom is -0.355 e. The fraction of sp³-hybridized carbons (Fsp3) is 0.667. The van der Waals surface area contributed by atoms with E-state index in [4.69, 9.17) is 11.6 Å². The Bertz CT molecular complexity index is 1370. The van der Waals surface area contributed by atoms with Gasteiger partial charge in [-0.1, -0.05) is 0 Å². The highest BCUT2D eigenvalue weighted by Gasteiger charge is 2.28. The van der Waals surface area contributed by atoms with E-state index in [1.54, 1.807) is 0 Å². The number of nitrogens with one attached hydrogen (secondary N) is 6. The molecule has 1 rings (SSSR count). The van der Waals surface area contributed by atoms with E-state index in [0.29, 0.717) is 15.2 Å². The quantitative estimate of drug-likeness (QED) is 0.0554. The molecular weight excluding hydrogens is 730 g/mol. The lowest BCUT2D eigenvalue weighted by Crippen LogP contribution is -2.52. The molecule has 1 saturated heterocycles. The van der Waals surface area contributed by atoms with Gasteiger partial charge < -0.3 is 26.6 Å². The molecule has 0 saturated carbocycles. The molecule has 1 aliphatic rings. The summed E-state index contributed by atoms with van der Waals surface area (Å²) in [5, 5.41) is 44.5. The molecule has 53 heavy (non-hydrogen) atoms. The van der Waals surface area contributed by atoms with Gasteiger partial charge in [-0.25, -0.2) is 15.2 Å². The Kier molecular flexibility index (Phi) is 20.7. The van der Waals surface area contributed by atoms with E-state index in [-0.39, 0.29) is 45.3 Å². The summed E-state index contributed by atoms with van der Waals surface area (Å²) in [5.41, 5.74) is 0. The number of carbonyl (C=O) groups is 10. The number of hydrogen-bond acceptors (Lipinski definition) is 14. The van der Waals surface area contributed by atoms with Gasteiger partial charge in [0.1, 0.15) is 11.8 Å². The Balaban J connectivity index is 3.43. The minimum atomic E-state index is -1.43. The smallest absolute Gasteiger partial charge is 0.242 e. The summed E-state index contributed by atoms with van der Waals surface area (Å²) < 4.78 is 0. The summed E-state index contributed by atoms with van der Waals surface area (Å²) in [5.74, 6) is -7.94. The lowest BCUT2D eigenvalue weighted by atomic mass is 10.0. The van der Waals surface area contributed by atoms with E-state index in [0.717, 1.165) is 20.8 Å². The number of halogens is 1. The van der Waals surface area contributed by atoms with Crippen molar-refractivity contribution in [2.45, 2.75) is 77.4 Å². The first-order chi connectivity index (χ1) is 24.8. The molecule has 22 nitrogen and oxygen atoms in total. The van der Waals surface area contributed by atoms with Crippen LogP contribution in [0.3, 0.4) is 0 Å². The van der Waals surface area contributed by atoms with Crippen LogP contribution in [0.2, 0.25) is 0 Å². The summed E-state index contributed by atoms with van der Waals surface area (Å²) in [4.78, 5) is 124. The van der Waals surface area contributed by atoms with Crippen molar-refractivity contribution in [2.75, 3.05) is 45.8 Å². The van der Waals surface area contributed by atoms with E-state index in [1.165, 1.54) is 0 Å². The highest BCUT2D eigenvalue weighted by Crippen LogP contribution is 2.08. The third-order valence-electron chi connectivity index (χ3n) is 7.79. The number of carbonyl (C=O) groups excluding carboxylic acids is 10. The highest BCUT2D eigenvalue weighted by atomic mass is 35.5. The Morgan fingerprint density at radius 1 is 0.679 bits per heavy atom. The van der Waals surface area contributed by atoms with Crippen LogP contribution >= 0.6 is 11.6 Å². The lowest BCUT2D eigenvalue weighted by Gasteiger charge is -2.25. The Morgan fingerprint density at radius 2 is 1.23 bits per heavy atom. The molecule has 0 aliphatic carbocycles. The molecular formula is C30H48ClN9O13. The topological polar surface area (TPSA) is 313 Å². The van der Waals surface area contributed by atoms with Gasteiger partial charge in [0.15, 0.2) is 0 Å². The molecule has 0 aromatic heterocycles. The van der Waals surface area contributed by atoms with Crippen LogP contribution in [0, 0.1) is 5.92 Å². The molecule has 1 fully saturated rings. The molecule has 23 heteroatoms. The number of hydroxylamine groups is 6. The zero-order valence-corrected chi connectivity index (χ0v) is 30.4. The maximum atomic E-state index is 13.4. The molecule has 1 unspecified atom stereocenters. The second-order valence-corrected chi connectivity index (χ2v) is 12.5. The van der Waals surface area contributed by atoms with Gasteiger partial charge in [-0.05, 0) is 30.9 Å². The van der Waals surface area contributed by atoms with Gasteiger partial charge >= 0.3 is 0 Å². The van der Waals surface area contributed by atoms with E-state index in [2.05, 4.69) is 31.9 Å². The standard InChI is InChI=1S/C30H48ClN9O13/c1-17(41)38(51)9-5-20-14-34-29(49)23(7-11-40(53)19(3)43)37-26(46)12-21(6-10-39(52)18(2)42)36-27(47)16-35-30(50)24(13-25(31)45)33-15-22(44)4-8-32-28(20)48/h20-21,23-24,33,51-53H,4-16H2,1-3H3,(H,32,48)(H,34,49)(H,35,50)(H,36,47)(H,37,46)/t20-,21+,23+,24?/m1/s1. The Labute approximate surface area is 309 Å². The van der Waals surface area contributed by atoms with Gasteiger partial charge in [0, 0.05) is 65.7 Å². The van der Waals surface area contributed by atoms with Crippen molar-refractivity contribution in [2.24, 2.45) is 5.92 Å². The van der Waals surface area contributed by atoms with E-state index < -0.39 is 121 Å². The summed E-state index contributed by atoms with van der Waals surface area (Å²) in [6, 6.07) is -3.87. The summed E-state index contributed by atoms with van der Waals surface area (Å²) in [6.07, 6.45) is -2.05. The third-order valence-corrected chi connectivity index (χ3v) is 7.95. The zero-order chi connectivity index (χ0) is 40.2. The van der Waals surface area contributed by atoms with Crippen LogP contribution in [0.1, 0.15) is 59.3 Å².